The van der Waals surface area contributed by atoms with Gasteiger partial charge in [0.25, 0.3) is 0 Å². The lowest BCUT2D eigenvalue weighted by atomic mass is 10.2. The Labute approximate surface area is 107 Å². The molecule has 0 spiro atoms. The summed E-state index contributed by atoms with van der Waals surface area (Å²) in [6, 6.07) is 7.43. The zero-order valence-electron chi connectivity index (χ0n) is 10.2. The fourth-order valence-electron chi connectivity index (χ4n) is 1.25. The van der Waals surface area contributed by atoms with Crippen LogP contribution in [0.4, 0.5) is 0 Å². The van der Waals surface area contributed by atoms with Gasteiger partial charge in [-0.1, -0.05) is 43.5 Å². The fourth-order valence-corrected chi connectivity index (χ4v) is 1.25. The minimum Gasteiger partial charge on any atom is -0.489 e. The van der Waals surface area contributed by atoms with E-state index in [0.29, 0.717) is 12.4 Å². The van der Waals surface area contributed by atoms with Gasteiger partial charge in [0.1, 0.15) is 19.0 Å². The molecule has 0 saturated carbocycles. The van der Waals surface area contributed by atoms with Crippen molar-refractivity contribution in [3.63, 3.8) is 0 Å². The van der Waals surface area contributed by atoms with Gasteiger partial charge >= 0.3 is 5.97 Å². The Morgan fingerprint density at radius 1 is 1.17 bits per heavy atom. The molecule has 18 heavy (non-hydrogen) atoms. The van der Waals surface area contributed by atoms with E-state index in [1.165, 1.54) is 12.2 Å². The Hall–Kier alpha value is -2.29. The molecule has 3 nitrogen and oxygen atoms in total. The number of hydrogen-bond acceptors (Lipinski definition) is 3. The second kappa shape index (κ2) is 7.90. The Balaban J connectivity index is 2.70. The number of carbonyl (C=O) groups excluding carboxylic acids is 1. The molecule has 0 heterocycles. The number of para-hydroxylation sites is 1. The Bertz CT molecular complexity index is 447. The summed E-state index contributed by atoms with van der Waals surface area (Å²) in [6.07, 6.45) is 6.20. The van der Waals surface area contributed by atoms with Crippen molar-refractivity contribution in [1.82, 2.24) is 0 Å². The van der Waals surface area contributed by atoms with Crippen molar-refractivity contribution < 1.29 is 14.3 Å². The molecule has 3 heteroatoms. The zero-order valence-corrected chi connectivity index (χ0v) is 10.2. The summed E-state index contributed by atoms with van der Waals surface area (Å²) < 4.78 is 10.3. The van der Waals surface area contributed by atoms with Crippen molar-refractivity contribution in [3.8, 4) is 5.75 Å². The average molecular weight is 244 g/mol. The van der Waals surface area contributed by atoms with Crippen LogP contribution in [0.25, 0.3) is 6.08 Å². The average Bonchev–Trinajstić information content (AvgIpc) is 2.41. The number of ether oxygens (including phenoxy) is 2. The topological polar surface area (TPSA) is 35.5 Å². The highest BCUT2D eigenvalue weighted by Crippen LogP contribution is 2.19. The zero-order chi connectivity index (χ0) is 13.2. The highest BCUT2D eigenvalue weighted by molar-refractivity contribution is 5.87. The number of hydrogen-bond donors (Lipinski definition) is 0. The summed E-state index contributed by atoms with van der Waals surface area (Å²) in [6.45, 7) is 7.68. The number of benzene rings is 1. The number of carbonyl (C=O) groups is 1. The van der Waals surface area contributed by atoms with Crippen molar-refractivity contribution in [2.75, 3.05) is 13.2 Å². The molecule has 0 bridgehead atoms. The van der Waals surface area contributed by atoms with Gasteiger partial charge in [0.15, 0.2) is 0 Å². The van der Waals surface area contributed by atoms with Gasteiger partial charge in [0.05, 0.1) is 0 Å². The van der Waals surface area contributed by atoms with Crippen LogP contribution in [-0.2, 0) is 9.53 Å². The largest absolute Gasteiger partial charge is 0.489 e. The highest BCUT2D eigenvalue weighted by Gasteiger charge is 2.00. The van der Waals surface area contributed by atoms with E-state index < -0.39 is 5.97 Å². The third kappa shape index (κ3) is 4.70. The first kappa shape index (κ1) is 13.8. The lowest BCUT2D eigenvalue weighted by Gasteiger charge is -2.06. The van der Waals surface area contributed by atoms with E-state index in [9.17, 15) is 4.79 Å². The van der Waals surface area contributed by atoms with E-state index >= 15 is 0 Å². The molecule has 0 aliphatic carbocycles. The second-order valence-corrected chi connectivity index (χ2v) is 3.39. The molecule has 1 rings (SSSR count). The molecule has 0 fully saturated rings. The van der Waals surface area contributed by atoms with Crippen LogP contribution < -0.4 is 4.74 Å². The maximum Gasteiger partial charge on any atom is 0.331 e. The van der Waals surface area contributed by atoms with E-state index in [0.717, 1.165) is 5.56 Å². The van der Waals surface area contributed by atoms with Crippen LogP contribution in [0, 0.1) is 0 Å². The molecule has 0 radical (unpaired) electrons. The van der Waals surface area contributed by atoms with Crippen molar-refractivity contribution in [3.05, 3.63) is 61.2 Å². The Kier molecular flexibility index (Phi) is 6.04. The van der Waals surface area contributed by atoms with Crippen LogP contribution >= 0.6 is 0 Å². The number of rotatable bonds is 7. The van der Waals surface area contributed by atoms with Gasteiger partial charge < -0.3 is 9.47 Å². The maximum atomic E-state index is 11.3. The van der Waals surface area contributed by atoms with Gasteiger partial charge in [-0.25, -0.2) is 4.79 Å². The molecule has 1 aromatic carbocycles. The molecule has 0 N–H and O–H groups in total. The molecule has 0 aromatic heterocycles. The normalized spacial score (nSPS) is 10.0. The minimum absolute atomic E-state index is 0.206. The monoisotopic (exact) mass is 244 g/mol. The Morgan fingerprint density at radius 3 is 2.61 bits per heavy atom. The number of esters is 1. The highest BCUT2D eigenvalue weighted by atomic mass is 16.5. The predicted octanol–water partition coefficient (Wildman–Crippen LogP) is 2.99. The van der Waals surface area contributed by atoms with E-state index in [4.69, 9.17) is 9.47 Å². The second-order valence-electron chi connectivity index (χ2n) is 3.39. The summed E-state index contributed by atoms with van der Waals surface area (Å²) in [7, 11) is 0. The lowest BCUT2D eigenvalue weighted by molar-refractivity contribution is -0.136. The summed E-state index contributed by atoms with van der Waals surface area (Å²) in [5.41, 5.74) is 0.815. The summed E-state index contributed by atoms with van der Waals surface area (Å²) in [5.74, 6) is 0.290. The third-order valence-corrected chi connectivity index (χ3v) is 2.02. The molecule has 0 aliphatic rings. The molecular weight excluding hydrogens is 228 g/mol. The first-order chi connectivity index (χ1) is 8.77. The van der Waals surface area contributed by atoms with E-state index in [1.807, 2.05) is 24.3 Å². The first-order valence-electron chi connectivity index (χ1n) is 5.56. The van der Waals surface area contributed by atoms with Gasteiger partial charge in [-0.05, 0) is 12.1 Å². The third-order valence-electron chi connectivity index (χ3n) is 2.02. The van der Waals surface area contributed by atoms with Crippen molar-refractivity contribution in [1.29, 1.82) is 0 Å². The standard InChI is InChI=1S/C15H16O3/c1-3-11-17-14-8-6-5-7-13(14)9-10-15(16)18-12-4-2/h3-10H,1-2,11-12H2/b10-9+. The first-order valence-corrected chi connectivity index (χ1v) is 5.56. The van der Waals surface area contributed by atoms with Gasteiger partial charge in [-0.3, -0.25) is 0 Å². The van der Waals surface area contributed by atoms with Gasteiger partial charge in [-0.15, -0.1) is 0 Å². The smallest absolute Gasteiger partial charge is 0.331 e. The molecule has 0 saturated heterocycles. The van der Waals surface area contributed by atoms with Crippen molar-refractivity contribution in [2.24, 2.45) is 0 Å². The molecule has 0 atom stereocenters. The van der Waals surface area contributed by atoms with E-state index in [1.54, 1.807) is 12.2 Å². The SMILES string of the molecule is C=CCOC(=O)/C=C/c1ccccc1OCC=C. The minimum atomic E-state index is -0.409. The van der Waals surface area contributed by atoms with E-state index in [-0.39, 0.29) is 6.61 Å². The molecular formula is C15H16O3. The van der Waals surface area contributed by atoms with E-state index in [2.05, 4.69) is 13.2 Å². The van der Waals surface area contributed by atoms with Crippen LogP contribution in [-0.4, -0.2) is 19.2 Å². The summed E-state index contributed by atoms with van der Waals surface area (Å²) in [4.78, 5) is 11.3. The summed E-state index contributed by atoms with van der Waals surface area (Å²) in [5, 5.41) is 0. The predicted molar refractivity (Wildman–Crippen MR) is 72.3 cm³/mol. The fraction of sp³-hybridized carbons (Fsp3) is 0.133. The van der Waals surface area contributed by atoms with Crippen LogP contribution in [0.1, 0.15) is 5.56 Å². The van der Waals surface area contributed by atoms with Gasteiger partial charge in [0.2, 0.25) is 0 Å². The van der Waals surface area contributed by atoms with Crippen LogP contribution in [0.5, 0.6) is 5.75 Å². The van der Waals surface area contributed by atoms with Crippen LogP contribution in [0.2, 0.25) is 0 Å². The quantitative estimate of drug-likeness (QED) is 0.420. The maximum absolute atomic E-state index is 11.3. The molecule has 1 aromatic rings. The van der Waals surface area contributed by atoms with Crippen molar-refractivity contribution in [2.45, 2.75) is 0 Å². The molecule has 0 amide bonds. The Morgan fingerprint density at radius 2 is 1.89 bits per heavy atom. The van der Waals surface area contributed by atoms with Gasteiger partial charge in [0, 0.05) is 11.6 Å². The van der Waals surface area contributed by atoms with Crippen LogP contribution in [0.3, 0.4) is 0 Å². The molecule has 0 aliphatic heterocycles. The molecule has 0 unspecified atom stereocenters. The summed E-state index contributed by atoms with van der Waals surface area (Å²) >= 11 is 0. The lowest BCUT2D eigenvalue weighted by Crippen LogP contribution is -2.00. The van der Waals surface area contributed by atoms with Crippen molar-refractivity contribution >= 4 is 12.0 Å². The molecule has 94 valence electrons. The van der Waals surface area contributed by atoms with Gasteiger partial charge in [-0.2, -0.15) is 0 Å². The van der Waals surface area contributed by atoms with Crippen LogP contribution in [0.15, 0.2) is 55.7 Å².